The molecule has 3 heterocycles. The van der Waals surface area contributed by atoms with Gasteiger partial charge in [0.05, 0.1) is 6.54 Å². The van der Waals surface area contributed by atoms with E-state index in [1.807, 2.05) is 73.5 Å². The van der Waals surface area contributed by atoms with Crippen molar-refractivity contribution in [2.24, 2.45) is 4.99 Å². The number of carbonyl (C=O) groups excluding carboxylic acids is 1. The van der Waals surface area contributed by atoms with Gasteiger partial charge in [-0.2, -0.15) is 5.10 Å². The number of nitrogen functional groups attached to an aromatic ring is 1. The van der Waals surface area contributed by atoms with Crippen LogP contribution in [-0.4, -0.2) is 32.2 Å². The molecule has 0 atom stereocenters. The van der Waals surface area contributed by atoms with E-state index < -0.39 is 0 Å². The Kier molecular flexibility index (Phi) is 6.77. The van der Waals surface area contributed by atoms with E-state index in [-0.39, 0.29) is 5.78 Å². The molecule has 1 aromatic carbocycles. The van der Waals surface area contributed by atoms with E-state index >= 15 is 0 Å². The smallest absolute Gasteiger partial charge is 0.163 e. The molecule has 0 unspecified atom stereocenters. The zero-order chi connectivity index (χ0) is 24.1. The molecule has 34 heavy (non-hydrogen) atoms. The Morgan fingerprint density at radius 3 is 2.71 bits per heavy atom. The van der Waals surface area contributed by atoms with Gasteiger partial charge in [0.2, 0.25) is 0 Å². The average molecular weight is 454 g/mol. The molecule has 0 fully saturated rings. The molecule has 0 saturated carbocycles. The van der Waals surface area contributed by atoms with Crippen molar-refractivity contribution in [3.05, 3.63) is 83.8 Å². The minimum Gasteiger partial charge on any atom is -0.383 e. The number of carbonyl (C=O) groups is 1. The van der Waals surface area contributed by atoms with Gasteiger partial charge >= 0.3 is 0 Å². The molecular weight excluding hydrogens is 426 g/mol. The van der Waals surface area contributed by atoms with Crippen LogP contribution in [0.5, 0.6) is 0 Å². The Balaban J connectivity index is 0.00000133. The van der Waals surface area contributed by atoms with Crippen molar-refractivity contribution >= 4 is 35.5 Å². The normalized spacial score (nSPS) is 12.0. The van der Waals surface area contributed by atoms with Gasteiger partial charge in [-0.25, -0.2) is 14.6 Å². The number of aromatic nitrogens is 4. The Labute approximate surface area is 198 Å². The fraction of sp³-hybridized carbons (Fsp3) is 0.192. The van der Waals surface area contributed by atoms with Gasteiger partial charge in [-0.05, 0) is 61.2 Å². The maximum atomic E-state index is 12.1. The number of ketones is 1. The van der Waals surface area contributed by atoms with Crippen molar-refractivity contribution in [3.8, 4) is 5.82 Å². The van der Waals surface area contributed by atoms with Crippen LogP contribution < -0.4 is 10.6 Å². The molecule has 3 aromatic heterocycles. The second-order valence-corrected chi connectivity index (χ2v) is 7.52. The highest BCUT2D eigenvalue weighted by atomic mass is 16.1. The Morgan fingerprint density at radius 2 is 1.97 bits per heavy atom. The van der Waals surface area contributed by atoms with Crippen molar-refractivity contribution in [1.29, 1.82) is 0 Å². The van der Waals surface area contributed by atoms with E-state index in [2.05, 4.69) is 21.8 Å². The Morgan fingerprint density at radius 1 is 1.12 bits per heavy atom. The molecule has 8 heteroatoms. The van der Waals surface area contributed by atoms with Gasteiger partial charge < -0.3 is 10.6 Å². The summed E-state index contributed by atoms with van der Waals surface area (Å²) in [6.07, 6.45) is 6.47. The van der Waals surface area contributed by atoms with Crippen molar-refractivity contribution < 1.29 is 4.79 Å². The van der Waals surface area contributed by atoms with Crippen LogP contribution in [0.4, 0.5) is 23.0 Å². The summed E-state index contributed by atoms with van der Waals surface area (Å²) in [7, 11) is 0. The van der Waals surface area contributed by atoms with Crippen molar-refractivity contribution in [1.82, 2.24) is 19.7 Å². The molecule has 0 aliphatic heterocycles. The van der Waals surface area contributed by atoms with Crippen LogP contribution >= 0.6 is 0 Å². The van der Waals surface area contributed by atoms with Gasteiger partial charge in [-0.3, -0.25) is 9.79 Å². The first kappa shape index (κ1) is 22.8. The van der Waals surface area contributed by atoms with Crippen molar-refractivity contribution in [2.75, 3.05) is 10.6 Å². The second-order valence-electron chi connectivity index (χ2n) is 7.52. The summed E-state index contributed by atoms with van der Waals surface area (Å²) in [5, 5.41) is 4.29. The number of fused-ring (bicyclic) bond motifs is 1. The quantitative estimate of drug-likeness (QED) is 0.409. The average Bonchev–Trinajstić information content (AvgIpc) is 3.55. The maximum absolute atomic E-state index is 12.1. The number of anilines is 3. The molecule has 1 aliphatic carbocycles. The number of hydrogen-bond donors (Lipinski definition) is 1. The fourth-order valence-electron chi connectivity index (χ4n) is 3.94. The molecule has 172 valence electrons. The van der Waals surface area contributed by atoms with Gasteiger partial charge in [0.25, 0.3) is 0 Å². The van der Waals surface area contributed by atoms with Gasteiger partial charge in [0, 0.05) is 41.8 Å². The predicted octanol–water partition coefficient (Wildman–Crippen LogP) is 5.07. The van der Waals surface area contributed by atoms with Crippen molar-refractivity contribution in [3.63, 3.8) is 0 Å². The van der Waals surface area contributed by atoms with Gasteiger partial charge in [-0.15, -0.1) is 0 Å². The molecule has 0 amide bonds. The summed E-state index contributed by atoms with van der Waals surface area (Å²) in [4.78, 5) is 27.5. The van der Waals surface area contributed by atoms with E-state index in [1.54, 1.807) is 17.1 Å². The highest BCUT2D eigenvalue weighted by molar-refractivity contribution is 6.01. The first-order valence-corrected chi connectivity index (χ1v) is 11.2. The zero-order valence-electron chi connectivity index (χ0n) is 19.3. The van der Waals surface area contributed by atoms with Gasteiger partial charge in [0.15, 0.2) is 17.4 Å². The van der Waals surface area contributed by atoms with E-state index in [4.69, 9.17) is 10.7 Å². The molecule has 0 spiro atoms. The number of nitrogens with zero attached hydrogens (tertiary/aromatic N) is 6. The molecule has 2 N–H and O–H groups in total. The number of benzene rings is 1. The SMILES string of the molecule is C=Nc1ccc(-n2cccn2)nc1N(Cc1cccnc1N)c1ccc2c(c1)CCC2=O.CC. The lowest BCUT2D eigenvalue weighted by atomic mass is 10.1. The van der Waals surface area contributed by atoms with Crippen LogP contribution in [0.1, 0.15) is 41.8 Å². The van der Waals surface area contributed by atoms with Crippen molar-refractivity contribution in [2.45, 2.75) is 33.2 Å². The second kappa shape index (κ2) is 10.1. The monoisotopic (exact) mass is 453 g/mol. The lowest BCUT2D eigenvalue weighted by Crippen LogP contribution is -2.20. The lowest BCUT2D eigenvalue weighted by Gasteiger charge is -2.26. The van der Waals surface area contributed by atoms with Gasteiger partial charge in [0.1, 0.15) is 11.5 Å². The zero-order valence-corrected chi connectivity index (χ0v) is 19.3. The fourth-order valence-corrected chi connectivity index (χ4v) is 3.94. The number of Topliss-reactive ketones (excluding diaryl/α,β-unsaturated/α-hetero) is 1. The summed E-state index contributed by atoms with van der Waals surface area (Å²) >= 11 is 0. The summed E-state index contributed by atoms with van der Waals surface area (Å²) < 4.78 is 1.69. The van der Waals surface area contributed by atoms with E-state index in [9.17, 15) is 4.79 Å². The molecule has 0 bridgehead atoms. The third-order valence-corrected chi connectivity index (χ3v) is 5.58. The molecular formula is C26H27N7O. The van der Waals surface area contributed by atoms with Crippen LogP contribution in [0.2, 0.25) is 0 Å². The summed E-state index contributed by atoms with van der Waals surface area (Å²) in [5.41, 5.74) is 10.3. The Bertz CT molecular complexity index is 1310. The maximum Gasteiger partial charge on any atom is 0.163 e. The van der Waals surface area contributed by atoms with Crippen LogP contribution in [0.15, 0.2) is 72.1 Å². The van der Waals surface area contributed by atoms with Crippen LogP contribution in [0.25, 0.3) is 5.82 Å². The summed E-state index contributed by atoms with van der Waals surface area (Å²) in [6.45, 7) is 8.15. The van der Waals surface area contributed by atoms with Gasteiger partial charge in [-0.1, -0.05) is 19.9 Å². The third kappa shape index (κ3) is 4.43. The number of hydrogen-bond acceptors (Lipinski definition) is 7. The van der Waals surface area contributed by atoms with Crippen LogP contribution in [0, 0.1) is 0 Å². The highest BCUT2D eigenvalue weighted by Gasteiger charge is 2.23. The van der Waals surface area contributed by atoms with E-state index in [0.717, 1.165) is 28.8 Å². The first-order valence-electron chi connectivity index (χ1n) is 11.2. The molecule has 8 nitrogen and oxygen atoms in total. The predicted molar refractivity (Wildman–Crippen MR) is 136 cm³/mol. The largest absolute Gasteiger partial charge is 0.383 e. The standard InChI is InChI=1S/C24H21N7O.C2H6/c1-26-20-8-10-22(31-13-3-12-28-31)29-24(20)30(15-17-4-2-11-27-23(17)25)18-6-7-19-16(14-18)5-9-21(19)32;1-2/h2-4,6-8,10-14H,1,5,9,15H2,(H2,25,27);1-2H3. The van der Waals surface area contributed by atoms with Crippen LogP contribution in [-0.2, 0) is 13.0 Å². The number of aliphatic imine (C=N–C) groups is 1. The molecule has 5 rings (SSSR count). The topological polar surface area (TPSA) is 102 Å². The lowest BCUT2D eigenvalue weighted by molar-refractivity contribution is 0.0994. The molecule has 0 radical (unpaired) electrons. The highest BCUT2D eigenvalue weighted by Crippen LogP contribution is 2.37. The Hall–Kier alpha value is -4.33. The molecule has 1 aliphatic rings. The number of nitrogens with two attached hydrogens (primary N) is 1. The number of aryl methyl sites for hydroxylation is 1. The summed E-state index contributed by atoms with van der Waals surface area (Å²) in [6, 6.07) is 15.2. The number of pyridine rings is 2. The first-order chi connectivity index (χ1) is 16.6. The minimum absolute atomic E-state index is 0.182. The third-order valence-electron chi connectivity index (χ3n) is 5.58. The molecule has 4 aromatic rings. The van der Waals surface area contributed by atoms with E-state index in [0.29, 0.717) is 36.1 Å². The molecule has 0 saturated heterocycles. The van der Waals surface area contributed by atoms with E-state index in [1.165, 1.54) is 0 Å². The summed E-state index contributed by atoms with van der Waals surface area (Å²) in [5.74, 6) is 1.89. The van der Waals surface area contributed by atoms with Crippen LogP contribution in [0.3, 0.4) is 0 Å². The minimum atomic E-state index is 0.182. The number of rotatable bonds is 6.